The van der Waals surface area contributed by atoms with Crippen LogP contribution in [0.1, 0.15) is 42.4 Å². The van der Waals surface area contributed by atoms with E-state index in [1.165, 1.54) is 24.3 Å². The summed E-state index contributed by atoms with van der Waals surface area (Å²) in [6, 6.07) is 7.28. The Hall–Kier alpha value is -2.91. The molecule has 10 heteroatoms. The Kier molecular flexibility index (Phi) is 4.68. The molecule has 0 aliphatic heterocycles. The van der Waals surface area contributed by atoms with Gasteiger partial charge in [-0.1, -0.05) is 24.3 Å². The van der Waals surface area contributed by atoms with Gasteiger partial charge >= 0.3 is 0 Å². The molecule has 1 aromatic heterocycles. The summed E-state index contributed by atoms with van der Waals surface area (Å²) in [7, 11) is 0. The first-order valence-corrected chi connectivity index (χ1v) is 10.3. The molecule has 2 aromatic carbocycles. The van der Waals surface area contributed by atoms with E-state index in [0.717, 1.165) is 23.4 Å². The van der Waals surface area contributed by atoms with E-state index in [9.17, 15) is 17.6 Å². The molecule has 6 rings (SSSR count). The van der Waals surface area contributed by atoms with Crippen LogP contribution in [0, 0.1) is 17.0 Å². The maximum absolute atomic E-state index is 16.4. The van der Waals surface area contributed by atoms with E-state index in [1.54, 1.807) is 0 Å². The molecule has 0 radical (unpaired) electrons. The van der Waals surface area contributed by atoms with Crippen molar-refractivity contribution in [3.8, 4) is 0 Å². The number of rotatable bonds is 7. The Morgan fingerprint density at radius 3 is 2.18 bits per heavy atom. The minimum atomic E-state index is -4.03. The van der Waals surface area contributed by atoms with Gasteiger partial charge in [0.15, 0.2) is 0 Å². The smallest absolute Gasteiger partial charge is 0.249 e. The van der Waals surface area contributed by atoms with Gasteiger partial charge in [-0.3, -0.25) is 0 Å². The topological polar surface area (TPSA) is 30.7 Å². The molecule has 3 aromatic rings. The maximum Gasteiger partial charge on any atom is 0.293 e. The lowest BCUT2D eigenvalue weighted by molar-refractivity contribution is -0.332. The third kappa shape index (κ3) is 3.02. The van der Waals surface area contributed by atoms with Gasteiger partial charge in [0, 0.05) is 22.6 Å². The molecule has 0 spiro atoms. The molecular weight excluding hydrogens is 451 g/mol. The van der Waals surface area contributed by atoms with Crippen LogP contribution in [0.15, 0.2) is 55.1 Å². The fourth-order valence-corrected chi connectivity index (χ4v) is 5.53. The zero-order chi connectivity index (χ0) is 23.6. The molecule has 33 heavy (non-hydrogen) atoms. The van der Waals surface area contributed by atoms with Crippen LogP contribution in [0.3, 0.4) is 0 Å². The van der Waals surface area contributed by atoms with E-state index in [0.29, 0.717) is 17.7 Å². The Morgan fingerprint density at radius 1 is 0.970 bits per heavy atom. The number of aromatic nitrogens is 3. The molecule has 3 fully saturated rings. The van der Waals surface area contributed by atoms with Crippen LogP contribution in [0.5, 0.6) is 0 Å². The van der Waals surface area contributed by atoms with Crippen molar-refractivity contribution in [2.45, 2.75) is 49.2 Å². The average Bonchev–Trinajstić information content (AvgIpc) is 3.18. The van der Waals surface area contributed by atoms with Crippen LogP contribution in [0.2, 0.25) is 0 Å². The fourth-order valence-electron chi connectivity index (χ4n) is 5.53. The van der Waals surface area contributed by atoms with Gasteiger partial charge in [-0.05, 0) is 42.4 Å². The molecule has 3 nitrogen and oxygen atoms in total. The molecule has 3 aliphatic carbocycles. The molecule has 0 saturated heterocycles. The fraction of sp³-hybridized carbons (Fsp3) is 0.391. The van der Waals surface area contributed by atoms with E-state index in [2.05, 4.69) is 10.1 Å². The van der Waals surface area contributed by atoms with Gasteiger partial charge in [0.1, 0.15) is 24.3 Å². The second-order valence-corrected chi connectivity index (χ2v) is 9.11. The Labute approximate surface area is 184 Å². The summed E-state index contributed by atoms with van der Waals surface area (Å²) in [4.78, 5) is 3.63. The van der Waals surface area contributed by atoms with Crippen LogP contribution in [0.4, 0.5) is 30.7 Å². The van der Waals surface area contributed by atoms with Crippen LogP contribution in [-0.4, -0.2) is 20.7 Å². The van der Waals surface area contributed by atoms with Crippen LogP contribution in [-0.2, 0) is 17.6 Å². The second kappa shape index (κ2) is 7.04. The van der Waals surface area contributed by atoms with Crippen molar-refractivity contribution in [2.75, 3.05) is 0 Å². The Bertz CT molecular complexity index is 1160. The zero-order valence-electron chi connectivity index (χ0n) is 17.1. The van der Waals surface area contributed by atoms with E-state index in [4.69, 9.17) is 0 Å². The minimum Gasteiger partial charge on any atom is -0.249 e. The molecule has 174 valence electrons. The van der Waals surface area contributed by atoms with Crippen molar-refractivity contribution in [1.29, 1.82) is 0 Å². The third-order valence-electron chi connectivity index (χ3n) is 7.17. The summed E-state index contributed by atoms with van der Waals surface area (Å²) in [5.74, 6) is -6.46. The summed E-state index contributed by atoms with van der Waals surface area (Å²) in [6.45, 7) is -1.01. The molecule has 0 unspecified atom stereocenters. The Balaban J connectivity index is 1.48. The number of alkyl halides is 5. The normalized spacial score (nSPS) is 25.9. The summed E-state index contributed by atoms with van der Waals surface area (Å²) >= 11 is 0. The quantitative estimate of drug-likeness (QED) is 0.391. The van der Waals surface area contributed by atoms with E-state index in [-0.39, 0.29) is 24.8 Å². The first-order valence-electron chi connectivity index (χ1n) is 10.3. The highest BCUT2D eigenvalue weighted by atomic mass is 19.3. The first kappa shape index (κ1) is 21.9. The summed E-state index contributed by atoms with van der Waals surface area (Å²) in [5, 5.41) is 3.68. The standard InChI is InChI=1S/C23H18F7N3/c24-16-5-6-17(18(25)7-16)22(28,11-33-13-31-12-32-33)23(29,30)21-8-20(9-21,10-21)15-3-1-14(2-4-15)19(26)27/h1-7,12-13,19H,8-11H2/t20?,21?,22-/m0/s1. The van der Waals surface area contributed by atoms with Crippen molar-refractivity contribution >= 4 is 0 Å². The van der Waals surface area contributed by atoms with Crippen molar-refractivity contribution in [3.63, 3.8) is 0 Å². The highest BCUT2D eigenvalue weighted by Crippen LogP contribution is 2.80. The number of nitrogens with zero attached hydrogens (tertiary/aromatic N) is 3. The van der Waals surface area contributed by atoms with Crippen LogP contribution < -0.4 is 0 Å². The molecule has 0 amide bonds. The SMILES string of the molecule is Fc1ccc([C@@](F)(Cn2cncn2)C(F)(F)C23CC(c4ccc(C(F)F)cc4)(C2)C3)c(F)c1. The van der Waals surface area contributed by atoms with Crippen molar-refractivity contribution in [2.24, 2.45) is 5.41 Å². The summed E-state index contributed by atoms with van der Waals surface area (Å²) < 4.78 is 103. The highest BCUT2D eigenvalue weighted by Gasteiger charge is 2.82. The largest absolute Gasteiger partial charge is 0.293 e. The van der Waals surface area contributed by atoms with Crippen molar-refractivity contribution < 1.29 is 30.7 Å². The van der Waals surface area contributed by atoms with Gasteiger partial charge in [0.05, 0.1) is 6.54 Å². The van der Waals surface area contributed by atoms with Gasteiger partial charge in [-0.25, -0.2) is 40.4 Å². The summed E-state index contributed by atoms with van der Waals surface area (Å²) in [5.41, 5.74) is -6.41. The molecule has 1 atom stereocenters. The van der Waals surface area contributed by atoms with E-state index >= 15 is 13.2 Å². The zero-order valence-corrected chi connectivity index (χ0v) is 17.1. The highest BCUT2D eigenvalue weighted by molar-refractivity contribution is 5.44. The van der Waals surface area contributed by atoms with Crippen LogP contribution >= 0.6 is 0 Å². The second-order valence-electron chi connectivity index (χ2n) is 9.11. The molecular formula is C23H18F7N3. The monoisotopic (exact) mass is 469 g/mol. The van der Waals surface area contributed by atoms with Crippen molar-refractivity contribution in [3.05, 3.63) is 83.4 Å². The maximum atomic E-state index is 16.4. The molecule has 2 bridgehead atoms. The van der Waals surface area contributed by atoms with Gasteiger partial charge in [0.2, 0.25) is 5.67 Å². The summed E-state index contributed by atoms with van der Waals surface area (Å²) in [6.07, 6.45) is -0.789. The third-order valence-corrected chi connectivity index (χ3v) is 7.17. The lowest BCUT2D eigenvalue weighted by Gasteiger charge is -2.74. The predicted octanol–water partition coefficient (Wildman–Crippen LogP) is 6.12. The van der Waals surface area contributed by atoms with Crippen LogP contribution in [0.25, 0.3) is 0 Å². The van der Waals surface area contributed by atoms with Gasteiger partial charge in [-0.2, -0.15) is 5.10 Å². The van der Waals surface area contributed by atoms with E-state index in [1.807, 2.05) is 0 Å². The molecule has 3 saturated carbocycles. The number of benzene rings is 2. The van der Waals surface area contributed by atoms with Gasteiger partial charge in [0.25, 0.3) is 12.3 Å². The van der Waals surface area contributed by atoms with E-state index < -0.39 is 52.6 Å². The number of hydrogen-bond donors (Lipinski definition) is 0. The molecule has 0 N–H and O–H groups in total. The lowest BCUT2D eigenvalue weighted by Crippen LogP contribution is -2.75. The van der Waals surface area contributed by atoms with Gasteiger partial charge in [-0.15, -0.1) is 0 Å². The minimum absolute atomic E-state index is 0.0765. The Morgan fingerprint density at radius 2 is 1.64 bits per heavy atom. The number of halogens is 7. The molecule has 1 heterocycles. The number of hydrogen-bond acceptors (Lipinski definition) is 2. The lowest BCUT2D eigenvalue weighted by atomic mass is 9.30. The average molecular weight is 469 g/mol. The first-order chi connectivity index (χ1) is 15.5. The van der Waals surface area contributed by atoms with Gasteiger partial charge < -0.3 is 0 Å². The predicted molar refractivity (Wildman–Crippen MR) is 103 cm³/mol. The van der Waals surface area contributed by atoms with Crippen molar-refractivity contribution in [1.82, 2.24) is 14.8 Å². The molecule has 3 aliphatic rings.